The Morgan fingerprint density at radius 1 is 1.44 bits per heavy atom. The number of halogens is 4. The molecule has 0 saturated heterocycles. The normalized spacial score (nSPS) is 11.2. The highest BCUT2D eigenvalue weighted by molar-refractivity contribution is 9.08. The van der Waals surface area contributed by atoms with E-state index in [0.717, 1.165) is 12.1 Å². The van der Waals surface area contributed by atoms with E-state index in [0.29, 0.717) is 5.56 Å². The van der Waals surface area contributed by atoms with Crippen LogP contribution in [-0.2, 0) is 5.33 Å². The van der Waals surface area contributed by atoms with Crippen LogP contribution in [0.4, 0.5) is 13.2 Å². The van der Waals surface area contributed by atoms with Crippen molar-refractivity contribution < 1.29 is 27.8 Å². The zero-order valence-electron chi connectivity index (χ0n) is 7.71. The third-order valence-corrected chi connectivity index (χ3v) is 2.29. The van der Waals surface area contributed by atoms with E-state index in [4.69, 9.17) is 5.11 Å². The minimum Gasteiger partial charge on any atom is -0.478 e. The van der Waals surface area contributed by atoms with Crippen LogP contribution in [0.15, 0.2) is 18.2 Å². The Labute approximate surface area is 97.0 Å². The van der Waals surface area contributed by atoms with Crippen LogP contribution in [0.25, 0.3) is 0 Å². The van der Waals surface area contributed by atoms with Crippen LogP contribution >= 0.6 is 15.9 Å². The van der Waals surface area contributed by atoms with Gasteiger partial charge in [-0.2, -0.15) is 0 Å². The largest absolute Gasteiger partial charge is 0.573 e. The van der Waals surface area contributed by atoms with E-state index < -0.39 is 18.1 Å². The number of ether oxygens (including phenoxy) is 1. The third-order valence-electron chi connectivity index (χ3n) is 1.69. The molecule has 0 unspecified atom stereocenters. The molecule has 0 fully saturated rings. The molecule has 16 heavy (non-hydrogen) atoms. The molecule has 1 rings (SSSR count). The molecule has 1 aromatic rings. The highest BCUT2D eigenvalue weighted by Gasteiger charge is 2.31. The summed E-state index contributed by atoms with van der Waals surface area (Å²) in [4.78, 5) is 10.7. The first-order valence-corrected chi connectivity index (χ1v) is 5.13. The van der Waals surface area contributed by atoms with Crippen LogP contribution in [0.2, 0.25) is 0 Å². The fraction of sp³-hybridized carbons (Fsp3) is 0.222. The minimum atomic E-state index is -4.83. The van der Waals surface area contributed by atoms with Gasteiger partial charge in [0.25, 0.3) is 0 Å². The lowest BCUT2D eigenvalue weighted by molar-refractivity contribution is -0.274. The standard InChI is InChI=1S/C9H6BrF3O3/c10-4-5-1-2-6(16-9(11,12)13)3-7(5)8(14)15/h1-3H,4H2,(H,14,15). The predicted molar refractivity (Wildman–Crippen MR) is 52.7 cm³/mol. The Kier molecular flexibility index (Phi) is 3.79. The number of carboxylic acid groups (broad SMARTS) is 1. The maximum Gasteiger partial charge on any atom is 0.573 e. The van der Waals surface area contributed by atoms with Gasteiger partial charge in [-0.25, -0.2) is 4.79 Å². The molecule has 0 amide bonds. The molecule has 0 radical (unpaired) electrons. The van der Waals surface area contributed by atoms with E-state index in [9.17, 15) is 18.0 Å². The second kappa shape index (κ2) is 4.73. The summed E-state index contributed by atoms with van der Waals surface area (Å²) in [5.41, 5.74) is 0.153. The van der Waals surface area contributed by atoms with Crippen molar-refractivity contribution in [2.45, 2.75) is 11.7 Å². The number of hydrogen-bond donors (Lipinski definition) is 1. The summed E-state index contributed by atoms with van der Waals surface area (Å²) in [5.74, 6) is -1.85. The van der Waals surface area contributed by atoms with Crippen LogP contribution in [0, 0.1) is 0 Å². The van der Waals surface area contributed by atoms with Crippen molar-refractivity contribution in [2.75, 3.05) is 0 Å². The van der Waals surface area contributed by atoms with Crippen LogP contribution in [0.1, 0.15) is 15.9 Å². The summed E-state index contributed by atoms with van der Waals surface area (Å²) in [7, 11) is 0. The lowest BCUT2D eigenvalue weighted by Crippen LogP contribution is -2.17. The molecule has 1 aromatic carbocycles. The van der Waals surface area contributed by atoms with Crippen LogP contribution < -0.4 is 4.74 Å². The molecule has 0 spiro atoms. The van der Waals surface area contributed by atoms with Gasteiger partial charge >= 0.3 is 12.3 Å². The number of benzene rings is 1. The number of carbonyl (C=O) groups is 1. The van der Waals surface area contributed by atoms with Crippen LogP contribution in [0.5, 0.6) is 5.75 Å². The fourth-order valence-corrected chi connectivity index (χ4v) is 1.56. The van der Waals surface area contributed by atoms with Gasteiger partial charge in [-0.1, -0.05) is 22.0 Å². The number of hydrogen-bond acceptors (Lipinski definition) is 2. The third kappa shape index (κ3) is 3.41. The average Bonchev–Trinajstić information content (AvgIpc) is 2.15. The Morgan fingerprint density at radius 3 is 2.50 bits per heavy atom. The van der Waals surface area contributed by atoms with E-state index in [1.54, 1.807) is 0 Å². The molecular formula is C9H6BrF3O3. The number of alkyl halides is 4. The zero-order valence-corrected chi connectivity index (χ0v) is 9.30. The Hall–Kier alpha value is -1.24. The highest BCUT2D eigenvalue weighted by atomic mass is 79.9. The smallest absolute Gasteiger partial charge is 0.478 e. The van der Waals surface area contributed by atoms with Gasteiger partial charge in [0.1, 0.15) is 5.75 Å². The highest BCUT2D eigenvalue weighted by Crippen LogP contribution is 2.25. The lowest BCUT2D eigenvalue weighted by Gasteiger charge is -2.10. The molecule has 1 N–H and O–H groups in total. The van der Waals surface area contributed by atoms with Gasteiger partial charge in [0.05, 0.1) is 5.56 Å². The Morgan fingerprint density at radius 2 is 2.06 bits per heavy atom. The second-order valence-electron chi connectivity index (χ2n) is 2.81. The average molecular weight is 299 g/mol. The van der Waals surface area contributed by atoms with Gasteiger partial charge in [0, 0.05) is 5.33 Å². The SMILES string of the molecule is O=C(O)c1cc(OC(F)(F)F)ccc1CBr. The summed E-state index contributed by atoms with van der Waals surface area (Å²) in [6, 6.07) is 3.17. The molecule has 0 aromatic heterocycles. The van der Waals surface area contributed by atoms with Crippen LogP contribution in [0.3, 0.4) is 0 Å². The van der Waals surface area contributed by atoms with Gasteiger partial charge in [0.2, 0.25) is 0 Å². The first kappa shape index (κ1) is 12.8. The number of aromatic carboxylic acids is 1. The van der Waals surface area contributed by atoms with Gasteiger partial charge in [-0.15, -0.1) is 13.2 Å². The molecule has 0 saturated carbocycles. The molecule has 0 bridgehead atoms. The second-order valence-corrected chi connectivity index (χ2v) is 3.37. The maximum atomic E-state index is 11.9. The molecule has 7 heteroatoms. The summed E-state index contributed by atoms with van der Waals surface area (Å²) < 4.78 is 39.2. The van der Waals surface area contributed by atoms with Crippen molar-refractivity contribution in [3.63, 3.8) is 0 Å². The van der Waals surface area contributed by atoms with Crippen molar-refractivity contribution in [1.82, 2.24) is 0 Å². The molecule has 0 aliphatic heterocycles. The van der Waals surface area contributed by atoms with E-state index in [-0.39, 0.29) is 10.9 Å². The molecule has 3 nitrogen and oxygen atoms in total. The molecule has 0 aliphatic carbocycles. The van der Waals surface area contributed by atoms with E-state index in [1.165, 1.54) is 6.07 Å². The molecule has 0 atom stereocenters. The van der Waals surface area contributed by atoms with Crippen molar-refractivity contribution in [3.05, 3.63) is 29.3 Å². The van der Waals surface area contributed by atoms with E-state index in [1.807, 2.05) is 0 Å². The molecule has 88 valence electrons. The lowest BCUT2D eigenvalue weighted by atomic mass is 10.1. The summed E-state index contributed by atoms with van der Waals surface area (Å²) in [6.07, 6.45) is -4.83. The Bertz CT molecular complexity index is 403. The summed E-state index contributed by atoms with van der Waals surface area (Å²) in [6.45, 7) is 0. The Balaban J connectivity index is 3.07. The number of carboxylic acids is 1. The van der Waals surface area contributed by atoms with Crippen molar-refractivity contribution in [3.8, 4) is 5.75 Å². The molecule has 0 heterocycles. The number of rotatable bonds is 3. The topological polar surface area (TPSA) is 46.5 Å². The summed E-state index contributed by atoms with van der Waals surface area (Å²) >= 11 is 3.04. The monoisotopic (exact) mass is 298 g/mol. The molecule has 0 aliphatic rings. The van der Waals surface area contributed by atoms with E-state index in [2.05, 4.69) is 20.7 Å². The van der Waals surface area contributed by atoms with Crippen LogP contribution in [-0.4, -0.2) is 17.4 Å². The van der Waals surface area contributed by atoms with Gasteiger partial charge in [-0.05, 0) is 17.7 Å². The predicted octanol–water partition coefficient (Wildman–Crippen LogP) is 3.18. The van der Waals surface area contributed by atoms with Crippen molar-refractivity contribution in [1.29, 1.82) is 0 Å². The zero-order chi connectivity index (χ0) is 12.3. The van der Waals surface area contributed by atoms with Gasteiger partial charge < -0.3 is 9.84 Å². The fourth-order valence-electron chi connectivity index (χ4n) is 1.07. The first-order valence-electron chi connectivity index (χ1n) is 4.01. The van der Waals surface area contributed by atoms with Gasteiger partial charge in [0.15, 0.2) is 0 Å². The van der Waals surface area contributed by atoms with Crippen molar-refractivity contribution >= 4 is 21.9 Å². The van der Waals surface area contributed by atoms with Gasteiger partial charge in [-0.3, -0.25) is 0 Å². The summed E-state index contributed by atoms with van der Waals surface area (Å²) in [5, 5.41) is 9.00. The van der Waals surface area contributed by atoms with Crippen molar-refractivity contribution in [2.24, 2.45) is 0 Å². The minimum absolute atomic E-state index is 0.223. The quantitative estimate of drug-likeness (QED) is 0.872. The first-order chi connectivity index (χ1) is 7.33. The maximum absolute atomic E-state index is 11.9. The molecular weight excluding hydrogens is 293 g/mol. The van der Waals surface area contributed by atoms with E-state index >= 15 is 0 Å².